The summed E-state index contributed by atoms with van der Waals surface area (Å²) in [5.41, 5.74) is 4.75. The molecule has 0 saturated carbocycles. The average molecular weight is 484 g/mol. The van der Waals surface area contributed by atoms with Crippen molar-refractivity contribution in [1.82, 2.24) is 19.6 Å². The molecule has 0 N–H and O–H groups in total. The van der Waals surface area contributed by atoms with E-state index in [1.165, 1.54) is 0 Å². The van der Waals surface area contributed by atoms with Crippen LogP contribution in [-0.4, -0.2) is 25.8 Å². The Morgan fingerprint density at radius 2 is 1.65 bits per heavy atom. The van der Waals surface area contributed by atoms with Gasteiger partial charge in [0.25, 0.3) is 0 Å². The van der Waals surface area contributed by atoms with Crippen molar-refractivity contribution >= 4 is 22.6 Å². The molecule has 0 spiro atoms. The molecule has 178 valence electrons. The van der Waals surface area contributed by atoms with Crippen LogP contribution in [0.4, 0.5) is 0 Å². The quantitative estimate of drug-likeness (QED) is 0.218. The first-order chi connectivity index (χ1) is 18.3. The lowest BCUT2D eigenvalue weighted by molar-refractivity contribution is 0.126. The van der Waals surface area contributed by atoms with Crippen molar-refractivity contribution in [3.05, 3.63) is 131 Å². The molecule has 1 atom stereocenters. The van der Waals surface area contributed by atoms with Crippen molar-refractivity contribution in [2.45, 2.75) is 12.5 Å². The van der Waals surface area contributed by atoms with Crippen LogP contribution in [0.25, 0.3) is 16.4 Å². The molecule has 1 aliphatic rings. The molecule has 7 heteroatoms. The van der Waals surface area contributed by atoms with Crippen LogP contribution in [0.3, 0.4) is 0 Å². The molecule has 6 aromatic rings. The van der Waals surface area contributed by atoms with Gasteiger partial charge in [0.05, 0.1) is 11.8 Å². The first-order valence-corrected chi connectivity index (χ1v) is 12.0. The van der Waals surface area contributed by atoms with Crippen molar-refractivity contribution < 1.29 is 9.57 Å². The third-order valence-corrected chi connectivity index (χ3v) is 6.55. The minimum atomic E-state index is -0.128. The van der Waals surface area contributed by atoms with Crippen LogP contribution in [0.15, 0.2) is 109 Å². The Hall–Kier alpha value is -5.04. The van der Waals surface area contributed by atoms with Crippen molar-refractivity contribution in [3.8, 4) is 11.6 Å². The standard InChI is InChI=1S/C30H21N5O2/c1-3-9-20(10-4-1)17-32-36-18-25-33-29-28-26(22-12-5-2-6-13-22)27-23-14-8-7-11-21(23)15-16-24(27)37-30(28)31-19-35(29)34-25/h1-17,19,26H,18H2. The summed E-state index contributed by atoms with van der Waals surface area (Å²) in [7, 11) is 0. The Labute approximate surface area is 212 Å². The fourth-order valence-corrected chi connectivity index (χ4v) is 4.92. The van der Waals surface area contributed by atoms with E-state index in [1.807, 2.05) is 42.5 Å². The number of hydrogen-bond donors (Lipinski definition) is 0. The molecule has 1 unspecified atom stereocenters. The lowest BCUT2D eigenvalue weighted by Gasteiger charge is -2.29. The molecule has 2 aromatic heterocycles. The molecular formula is C30H21N5O2. The normalized spacial score (nSPS) is 14.4. The molecule has 0 amide bonds. The van der Waals surface area contributed by atoms with Gasteiger partial charge in [0.1, 0.15) is 12.1 Å². The maximum Gasteiger partial charge on any atom is 0.228 e. The van der Waals surface area contributed by atoms with Gasteiger partial charge in [-0.3, -0.25) is 0 Å². The maximum absolute atomic E-state index is 6.36. The molecule has 7 nitrogen and oxygen atoms in total. The van der Waals surface area contributed by atoms with E-state index in [4.69, 9.17) is 14.6 Å². The molecule has 0 fully saturated rings. The van der Waals surface area contributed by atoms with Gasteiger partial charge in [-0.25, -0.2) is 14.5 Å². The van der Waals surface area contributed by atoms with E-state index in [0.717, 1.165) is 38.8 Å². The zero-order chi connectivity index (χ0) is 24.6. The highest BCUT2D eigenvalue weighted by Crippen LogP contribution is 2.50. The summed E-state index contributed by atoms with van der Waals surface area (Å²) >= 11 is 0. The van der Waals surface area contributed by atoms with Crippen LogP contribution in [0.5, 0.6) is 11.6 Å². The van der Waals surface area contributed by atoms with Crippen molar-refractivity contribution in [2.24, 2.45) is 5.16 Å². The van der Waals surface area contributed by atoms with E-state index < -0.39 is 0 Å². The summed E-state index contributed by atoms with van der Waals surface area (Å²) in [5, 5.41) is 11.0. The molecule has 7 rings (SSSR count). The second kappa shape index (κ2) is 8.87. The van der Waals surface area contributed by atoms with Crippen molar-refractivity contribution in [1.29, 1.82) is 0 Å². The SMILES string of the molecule is C(=NOCc1nc2c3c(ncn2n1)Oc1ccc2ccccc2c1C3c1ccccc1)c1ccccc1. The Bertz CT molecular complexity index is 1760. The van der Waals surface area contributed by atoms with E-state index in [0.29, 0.717) is 17.4 Å². The fourth-order valence-electron chi connectivity index (χ4n) is 4.92. The first-order valence-electron chi connectivity index (χ1n) is 12.0. The number of aromatic nitrogens is 4. The third-order valence-electron chi connectivity index (χ3n) is 6.55. The Morgan fingerprint density at radius 3 is 2.51 bits per heavy atom. The van der Waals surface area contributed by atoms with Gasteiger partial charge >= 0.3 is 0 Å². The van der Waals surface area contributed by atoms with Crippen LogP contribution >= 0.6 is 0 Å². The fraction of sp³-hybridized carbons (Fsp3) is 0.0667. The monoisotopic (exact) mass is 483 g/mol. The van der Waals surface area contributed by atoms with E-state index in [-0.39, 0.29) is 12.5 Å². The zero-order valence-corrected chi connectivity index (χ0v) is 19.7. The number of oxime groups is 1. The highest BCUT2D eigenvalue weighted by Gasteiger charge is 2.34. The van der Waals surface area contributed by atoms with Gasteiger partial charge in [0.2, 0.25) is 5.88 Å². The summed E-state index contributed by atoms with van der Waals surface area (Å²) in [6.07, 6.45) is 3.30. The van der Waals surface area contributed by atoms with Gasteiger partial charge in [-0.05, 0) is 28.0 Å². The lowest BCUT2D eigenvalue weighted by Crippen LogP contribution is -2.15. The summed E-state index contributed by atoms with van der Waals surface area (Å²) in [6, 6.07) is 32.6. The molecule has 0 aliphatic carbocycles. The molecule has 3 heterocycles. The summed E-state index contributed by atoms with van der Waals surface area (Å²) < 4.78 is 8.04. The van der Waals surface area contributed by atoms with Crippen LogP contribution in [0, 0.1) is 0 Å². The largest absolute Gasteiger partial charge is 0.438 e. The number of ether oxygens (including phenoxy) is 1. The summed E-state index contributed by atoms with van der Waals surface area (Å²) in [6.45, 7) is 0.135. The smallest absolute Gasteiger partial charge is 0.228 e. The molecule has 0 saturated heterocycles. The minimum absolute atomic E-state index is 0.128. The van der Waals surface area contributed by atoms with Gasteiger partial charge in [-0.2, -0.15) is 0 Å². The lowest BCUT2D eigenvalue weighted by atomic mass is 9.81. The maximum atomic E-state index is 6.36. The van der Waals surface area contributed by atoms with E-state index in [2.05, 4.69) is 69.8 Å². The minimum Gasteiger partial charge on any atom is -0.438 e. The highest BCUT2D eigenvalue weighted by atomic mass is 16.6. The summed E-state index contributed by atoms with van der Waals surface area (Å²) in [5.74, 6) is 1.72. The predicted molar refractivity (Wildman–Crippen MR) is 141 cm³/mol. The number of rotatable bonds is 5. The zero-order valence-electron chi connectivity index (χ0n) is 19.7. The predicted octanol–water partition coefficient (Wildman–Crippen LogP) is 6.11. The topological polar surface area (TPSA) is 73.9 Å². The molecule has 37 heavy (non-hydrogen) atoms. The first kappa shape index (κ1) is 21.3. The van der Waals surface area contributed by atoms with Gasteiger partial charge in [0.15, 0.2) is 18.1 Å². The number of fused-ring (bicyclic) bond motifs is 6. The van der Waals surface area contributed by atoms with Crippen LogP contribution < -0.4 is 4.74 Å². The highest BCUT2D eigenvalue weighted by molar-refractivity contribution is 5.90. The molecular weight excluding hydrogens is 462 g/mol. The van der Waals surface area contributed by atoms with Gasteiger partial charge in [0, 0.05) is 11.5 Å². The van der Waals surface area contributed by atoms with Gasteiger partial charge in [-0.15, -0.1) is 5.10 Å². The van der Waals surface area contributed by atoms with E-state index in [9.17, 15) is 0 Å². The van der Waals surface area contributed by atoms with Gasteiger partial charge in [-0.1, -0.05) is 96.2 Å². The Kier molecular flexibility index (Phi) is 5.10. The van der Waals surface area contributed by atoms with Crippen molar-refractivity contribution in [3.63, 3.8) is 0 Å². The Morgan fingerprint density at radius 1 is 0.865 bits per heavy atom. The number of hydrogen-bond acceptors (Lipinski definition) is 6. The van der Waals surface area contributed by atoms with Crippen LogP contribution in [0.2, 0.25) is 0 Å². The number of benzene rings is 4. The summed E-state index contributed by atoms with van der Waals surface area (Å²) in [4.78, 5) is 15.0. The van der Waals surface area contributed by atoms with Crippen LogP contribution in [0.1, 0.15) is 34.0 Å². The van der Waals surface area contributed by atoms with E-state index in [1.54, 1.807) is 17.1 Å². The molecule has 1 aliphatic heterocycles. The van der Waals surface area contributed by atoms with Gasteiger partial charge < -0.3 is 9.57 Å². The second-order valence-electron chi connectivity index (χ2n) is 8.82. The number of nitrogens with zero attached hydrogens (tertiary/aromatic N) is 5. The molecule has 0 bridgehead atoms. The van der Waals surface area contributed by atoms with Crippen LogP contribution in [-0.2, 0) is 11.4 Å². The van der Waals surface area contributed by atoms with Crippen molar-refractivity contribution in [2.75, 3.05) is 0 Å². The Balaban J connectivity index is 1.33. The average Bonchev–Trinajstić information content (AvgIpc) is 3.38. The van der Waals surface area contributed by atoms with E-state index >= 15 is 0 Å². The second-order valence-corrected chi connectivity index (χ2v) is 8.82. The molecule has 4 aromatic carbocycles. The third kappa shape index (κ3) is 3.77. The molecule has 0 radical (unpaired) electrons.